The Morgan fingerprint density at radius 1 is 1.35 bits per heavy atom. The van der Waals surface area contributed by atoms with Gasteiger partial charge in [0.25, 0.3) is 5.19 Å². The summed E-state index contributed by atoms with van der Waals surface area (Å²) in [4.78, 5) is 9.31. The Bertz CT molecular complexity index is 892. The maximum absolute atomic E-state index is 9.72. The number of nitrogens with zero attached hydrogens (tertiary/aromatic N) is 4. The van der Waals surface area contributed by atoms with E-state index in [2.05, 4.69) is 15.1 Å². The second-order valence-corrected chi connectivity index (χ2v) is 4.99. The number of para-hydroxylation sites is 1. The first kappa shape index (κ1) is 11.2. The maximum atomic E-state index is 9.72. The predicted molar refractivity (Wildman–Crippen MR) is 72.1 cm³/mol. The molecule has 8 heteroatoms. The normalized spacial score (nSPS) is 11.4. The lowest BCUT2D eigenvalue weighted by Crippen LogP contribution is -1.84. The fraction of sp³-hybridized carbons (Fsp3) is 0.0833. The summed E-state index contributed by atoms with van der Waals surface area (Å²) in [5.74, 6) is 0.427. The molecule has 0 spiro atoms. The van der Waals surface area contributed by atoms with Crippen molar-refractivity contribution in [3.63, 3.8) is 0 Å². The highest BCUT2D eigenvalue weighted by molar-refractivity contribution is 7.18. The zero-order chi connectivity index (χ0) is 13.7. The molecule has 0 amide bonds. The van der Waals surface area contributed by atoms with Crippen molar-refractivity contribution in [2.45, 2.75) is 0 Å². The van der Waals surface area contributed by atoms with Crippen molar-refractivity contribution in [1.29, 1.82) is 0 Å². The number of oxazole rings is 1. The second kappa shape index (κ2) is 3.94. The molecule has 0 aliphatic heterocycles. The average Bonchev–Trinajstić information content (AvgIpc) is 3.09. The number of hydrogen-bond acceptors (Lipinski definition) is 7. The monoisotopic (exact) mass is 288 g/mol. The number of ether oxygens (including phenoxy) is 1. The van der Waals surface area contributed by atoms with E-state index < -0.39 is 0 Å². The Morgan fingerprint density at radius 3 is 3.00 bits per heavy atom. The van der Waals surface area contributed by atoms with E-state index in [1.54, 1.807) is 36.0 Å². The van der Waals surface area contributed by atoms with Gasteiger partial charge in [-0.3, -0.25) is 0 Å². The Kier molecular flexibility index (Phi) is 2.21. The topological polar surface area (TPSA) is 85.7 Å². The fourth-order valence-corrected chi connectivity index (χ4v) is 2.61. The molecule has 0 fully saturated rings. The van der Waals surface area contributed by atoms with Crippen LogP contribution in [-0.4, -0.2) is 31.8 Å². The van der Waals surface area contributed by atoms with Crippen LogP contribution < -0.4 is 4.74 Å². The van der Waals surface area contributed by atoms with E-state index in [4.69, 9.17) is 9.15 Å². The molecule has 20 heavy (non-hydrogen) atoms. The first-order valence-corrected chi connectivity index (χ1v) is 6.55. The van der Waals surface area contributed by atoms with Crippen LogP contribution in [0.4, 0.5) is 0 Å². The number of fused-ring (bicyclic) bond motifs is 2. The fourth-order valence-electron chi connectivity index (χ4n) is 1.91. The van der Waals surface area contributed by atoms with Crippen molar-refractivity contribution in [3.8, 4) is 22.5 Å². The molecule has 7 nitrogen and oxygen atoms in total. The van der Waals surface area contributed by atoms with Crippen LogP contribution >= 0.6 is 11.3 Å². The minimum atomic E-state index is 0.0818. The Balaban J connectivity index is 1.87. The molecule has 0 bridgehead atoms. The molecule has 3 aromatic heterocycles. The summed E-state index contributed by atoms with van der Waals surface area (Å²) in [6, 6.07) is 5.00. The SMILES string of the molecule is COc1nn2cc(-c3nc4c(O)cccc4o3)nc2s1. The van der Waals surface area contributed by atoms with E-state index >= 15 is 0 Å². The van der Waals surface area contributed by atoms with Gasteiger partial charge < -0.3 is 14.3 Å². The zero-order valence-electron chi connectivity index (χ0n) is 10.3. The van der Waals surface area contributed by atoms with Gasteiger partial charge in [-0.2, -0.15) is 0 Å². The minimum absolute atomic E-state index is 0.0818. The lowest BCUT2D eigenvalue weighted by Gasteiger charge is -1.87. The molecule has 1 N–H and O–H groups in total. The average molecular weight is 288 g/mol. The van der Waals surface area contributed by atoms with Crippen molar-refractivity contribution < 1.29 is 14.3 Å². The molecule has 0 aliphatic carbocycles. The van der Waals surface area contributed by atoms with E-state index in [1.807, 2.05) is 0 Å². The summed E-state index contributed by atoms with van der Waals surface area (Å²) in [6.45, 7) is 0. The van der Waals surface area contributed by atoms with E-state index in [1.165, 1.54) is 11.3 Å². The number of imidazole rings is 1. The number of hydrogen-bond donors (Lipinski definition) is 1. The number of benzene rings is 1. The van der Waals surface area contributed by atoms with Gasteiger partial charge in [-0.1, -0.05) is 6.07 Å². The van der Waals surface area contributed by atoms with Crippen LogP contribution in [0.15, 0.2) is 28.8 Å². The third-order valence-corrected chi connectivity index (χ3v) is 3.70. The summed E-state index contributed by atoms with van der Waals surface area (Å²) in [5, 5.41) is 14.4. The molecule has 0 radical (unpaired) electrons. The predicted octanol–water partition coefficient (Wildman–Crippen LogP) is 2.31. The van der Waals surface area contributed by atoms with Crippen LogP contribution in [0.25, 0.3) is 27.6 Å². The van der Waals surface area contributed by atoms with Gasteiger partial charge in [-0.15, -0.1) is 5.10 Å². The van der Waals surface area contributed by atoms with Gasteiger partial charge in [0.2, 0.25) is 10.9 Å². The molecular weight excluding hydrogens is 280 g/mol. The van der Waals surface area contributed by atoms with Crippen molar-refractivity contribution in [1.82, 2.24) is 19.6 Å². The summed E-state index contributed by atoms with van der Waals surface area (Å²) in [6.07, 6.45) is 1.70. The molecule has 0 atom stereocenters. The largest absolute Gasteiger partial charge is 0.506 e. The van der Waals surface area contributed by atoms with Crippen LogP contribution in [0, 0.1) is 0 Å². The lowest BCUT2D eigenvalue weighted by atomic mass is 10.3. The molecule has 0 saturated heterocycles. The van der Waals surface area contributed by atoms with Gasteiger partial charge in [0.15, 0.2) is 11.1 Å². The number of aromatic hydroxyl groups is 1. The summed E-state index contributed by atoms with van der Waals surface area (Å²) in [7, 11) is 1.56. The third-order valence-electron chi connectivity index (χ3n) is 2.82. The quantitative estimate of drug-likeness (QED) is 0.609. The number of rotatable bonds is 2. The molecule has 1 aromatic carbocycles. The standard InChI is InChI=1S/C12H8N4O3S/c1-18-12-15-16-5-6(13-11(16)20-12)10-14-9-7(17)3-2-4-8(9)19-10/h2-5,17H,1H3. The molecule has 0 aliphatic rings. The van der Waals surface area contributed by atoms with E-state index in [0.29, 0.717) is 32.8 Å². The van der Waals surface area contributed by atoms with Gasteiger partial charge >= 0.3 is 0 Å². The number of aromatic nitrogens is 4. The summed E-state index contributed by atoms with van der Waals surface area (Å²) in [5.41, 5.74) is 1.49. The lowest BCUT2D eigenvalue weighted by molar-refractivity contribution is 0.405. The van der Waals surface area contributed by atoms with Crippen LogP contribution in [0.5, 0.6) is 10.9 Å². The van der Waals surface area contributed by atoms with Gasteiger partial charge in [0, 0.05) is 0 Å². The van der Waals surface area contributed by atoms with Gasteiger partial charge in [-0.25, -0.2) is 14.5 Å². The van der Waals surface area contributed by atoms with Crippen molar-refractivity contribution in [3.05, 3.63) is 24.4 Å². The van der Waals surface area contributed by atoms with E-state index in [0.717, 1.165) is 0 Å². The van der Waals surface area contributed by atoms with Crippen LogP contribution in [0.1, 0.15) is 0 Å². The number of methoxy groups -OCH3 is 1. The zero-order valence-corrected chi connectivity index (χ0v) is 11.1. The number of phenolic OH excluding ortho intramolecular Hbond substituents is 1. The van der Waals surface area contributed by atoms with Gasteiger partial charge in [0.1, 0.15) is 11.4 Å². The highest BCUT2D eigenvalue weighted by Gasteiger charge is 2.16. The Labute approximate surface area is 116 Å². The molecule has 3 heterocycles. The molecule has 4 aromatic rings. The van der Waals surface area contributed by atoms with Crippen LogP contribution in [0.3, 0.4) is 0 Å². The van der Waals surface area contributed by atoms with Crippen LogP contribution in [0.2, 0.25) is 0 Å². The van der Waals surface area contributed by atoms with E-state index in [9.17, 15) is 5.11 Å². The van der Waals surface area contributed by atoms with Crippen molar-refractivity contribution in [2.75, 3.05) is 7.11 Å². The first-order chi connectivity index (χ1) is 9.74. The van der Waals surface area contributed by atoms with Crippen molar-refractivity contribution >= 4 is 27.4 Å². The maximum Gasteiger partial charge on any atom is 0.294 e. The number of phenols is 1. The van der Waals surface area contributed by atoms with Crippen LogP contribution in [-0.2, 0) is 0 Å². The van der Waals surface area contributed by atoms with E-state index in [-0.39, 0.29) is 5.75 Å². The molecule has 4 rings (SSSR count). The smallest absolute Gasteiger partial charge is 0.294 e. The molecular formula is C12H8N4O3S. The second-order valence-electron chi connectivity index (χ2n) is 4.07. The van der Waals surface area contributed by atoms with Gasteiger partial charge in [-0.05, 0) is 23.5 Å². The molecule has 0 unspecified atom stereocenters. The van der Waals surface area contributed by atoms with Crippen molar-refractivity contribution in [2.24, 2.45) is 0 Å². The summed E-state index contributed by atoms with van der Waals surface area (Å²) < 4.78 is 12.2. The summed E-state index contributed by atoms with van der Waals surface area (Å²) >= 11 is 1.32. The highest BCUT2D eigenvalue weighted by atomic mass is 32.1. The Hall–Kier alpha value is -2.61. The highest BCUT2D eigenvalue weighted by Crippen LogP contribution is 2.30. The molecule has 0 saturated carbocycles. The third kappa shape index (κ3) is 1.55. The molecule has 100 valence electrons. The first-order valence-electron chi connectivity index (χ1n) is 5.74. The Morgan fingerprint density at radius 2 is 2.25 bits per heavy atom. The minimum Gasteiger partial charge on any atom is -0.506 e. The van der Waals surface area contributed by atoms with Gasteiger partial charge in [0.05, 0.1) is 13.3 Å².